The summed E-state index contributed by atoms with van der Waals surface area (Å²) in [5.74, 6) is -3.32. The van der Waals surface area contributed by atoms with Gasteiger partial charge in [-0.25, -0.2) is 18.6 Å². The number of hydrogen-bond acceptors (Lipinski definition) is 6. The van der Waals surface area contributed by atoms with Crippen LogP contribution in [0.15, 0.2) is 48.5 Å². The van der Waals surface area contributed by atoms with Crippen molar-refractivity contribution >= 4 is 50.0 Å². The molecule has 5 aromatic rings. The zero-order chi connectivity index (χ0) is 34.1. The summed E-state index contributed by atoms with van der Waals surface area (Å²) in [5, 5.41) is 17.8. The van der Waals surface area contributed by atoms with E-state index < -0.39 is 23.6 Å². The number of nitrogens with zero attached hydrogens (tertiary/aromatic N) is 4. The number of aromatic nitrogens is 3. The van der Waals surface area contributed by atoms with Crippen LogP contribution in [0.1, 0.15) is 75.3 Å². The second kappa shape index (κ2) is 12.2. The van der Waals surface area contributed by atoms with Gasteiger partial charge in [-0.1, -0.05) is 23.7 Å². The monoisotopic (exact) mass is 692 g/mol. The molecule has 1 unspecified atom stereocenters. The molecule has 1 N–H and O–H groups in total. The number of likely N-dealkylation sites (tertiary alicyclic amines) is 1. The van der Waals surface area contributed by atoms with Gasteiger partial charge in [0.15, 0.2) is 6.10 Å². The number of ether oxygens (including phenoxy) is 1. The summed E-state index contributed by atoms with van der Waals surface area (Å²) in [6.45, 7) is 9.06. The molecular formula is C37H39ClF2N4O3S. The third kappa shape index (κ3) is 6.24. The van der Waals surface area contributed by atoms with E-state index in [1.807, 2.05) is 57.6 Å². The van der Waals surface area contributed by atoms with Crippen LogP contribution in [0.3, 0.4) is 0 Å². The average molecular weight is 693 g/mol. The lowest BCUT2D eigenvalue weighted by Crippen LogP contribution is -2.52. The molecule has 2 fully saturated rings. The highest BCUT2D eigenvalue weighted by atomic mass is 35.5. The smallest absolute Gasteiger partial charge is 0.337 e. The number of carboxylic acids is 1. The fourth-order valence-corrected chi connectivity index (χ4v) is 8.56. The minimum Gasteiger partial charge on any atom is -0.479 e. The summed E-state index contributed by atoms with van der Waals surface area (Å²) in [6, 6.07) is 15.7. The molecule has 48 heavy (non-hydrogen) atoms. The molecule has 7 nitrogen and oxygen atoms in total. The molecule has 1 aliphatic carbocycles. The minimum absolute atomic E-state index is 0.0141. The predicted molar refractivity (Wildman–Crippen MR) is 187 cm³/mol. The number of halogens is 3. The Kier molecular flexibility index (Phi) is 8.38. The van der Waals surface area contributed by atoms with Crippen molar-refractivity contribution in [2.24, 2.45) is 7.05 Å². The number of benzene rings is 3. The number of aliphatic carboxylic acids is 1. The van der Waals surface area contributed by atoms with Gasteiger partial charge in [0, 0.05) is 58.9 Å². The molecule has 1 saturated carbocycles. The molecule has 3 aromatic carbocycles. The van der Waals surface area contributed by atoms with E-state index in [2.05, 4.69) is 23.1 Å². The summed E-state index contributed by atoms with van der Waals surface area (Å²) < 4.78 is 36.0. The Morgan fingerprint density at radius 1 is 1.08 bits per heavy atom. The number of carbonyl (C=O) groups is 1. The predicted octanol–water partition coefficient (Wildman–Crippen LogP) is 9.40. The molecule has 7 rings (SSSR count). The largest absolute Gasteiger partial charge is 0.479 e. The first-order valence-corrected chi connectivity index (χ1v) is 17.6. The first-order chi connectivity index (χ1) is 22.7. The molecule has 1 saturated heterocycles. The number of fused-ring (bicyclic) bond motifs is 2. The molecule has 2 aromatic heterocycles. The van der Waals surface area contributed by atoms with Crippen molar-refractivity contribution < 1.29 is 23.4 Å². The Morgan fingerprint density at radius 2 is 1.75 bits per heavy atom. The van der Waals surface area contributed by atoms with Crippen LogP contribution in [0, 0.1) is 6.92 Å². The van der Waals surface area contributed by atoms with Gasteiger partial charge in [-0.05, 0) is 101 Å². The first-order valence-electron chi connectivity index (χ1n) is 16.4. The molecule has 3 heterocycles. The lowest BCUT2D eigenvalue weighted by molar-refractivity contribution is -0.160. The Balaban J connectivity index is 1.29. The fourth-order valence-electron chi connectivity index (χ4n) is 7.32. The van der Waals surface area contributed by atoms with Crippen LogP contribution in [-0.4, -0.2) is 61.4 Å². The van der Waals surface area contributed by atoms with Gasteiger partial charge >= 0.3 is 5.97 Å². The van der Waals surface area contributed by atoms with E-state index in [1.54, 1.807) is 12.1 Å². The topological polar surface area (TPSA) is 80.5 Å². The maximum atomic E-state index is 13.5. The van der Waals surface area contributed by atoms with Gasteiger partial charge in [-0.3, -0.25) is 9.58 Å². The molecule has 11 heteroatoms. The fraction of sp³-hybridized carbons (Fsp3) is 0.432. The molecule has 2 aliphatic rings. The highest BCUT2D eigenvalue weighted by Gasteiger charge is 2.48. The Hall–Kier alpha value is -3.44. The number of alkyl halides is 2. The van der Waals surface area contributed by atoms with Crippen molar-refractivity contribution in [1.29, 1.82) is 0 Å². The van der Waals surface area contributed by atoms with Crippen molar-refractivity contribution in [2.75, 3.05) is 13.1 Å². The number of piperidine rings is 1. The van der Waals surface area contributed by atoms with E-state index >= 15 is 0 Å². The maximum absolute atomic E-state index is 13.5. The van der Waals surface area contributed by atoms with Gasteiger partial charge in [0.1, 0.15) is 5.01 Å². The molecule has 0 radical (unpaired) electrons. The van der Waals surface area contributed by atoms with E-state index in [0.717, 1.165) is 80.0 Å². The number of hydrogen-bond donors (Lipinski definition) is 1. The number of aryl methyl sites for hydroxylation is 2. The molecule has 0 bridgehead atoms. The number of carboxylic acid groups (broad SMARTS) is 1. The Bertz CT molecular complexity index is 2020. The zero-order valence-electron chi connectivity index (χ0n) is 27.7. The lowest BCUT2D eigenvalue weighted by atomic mass is 9.83. The molecule has 252 valence electrons. The quantitative estimate of drug-likeness (QED) is 0.183. The van der Waals surface area contributed by atoms with Gasteiger partial charge in [0.25, 0.3) is 5.92 Å². The zero-order valence-corrected chi connectivity index (χ0v) is 29.3. The van der Waals surface area contributed by atoms with E-state index in [-0.39, 0.29) is 24.8 Å². The second-order valence-corrected chi connectivity index (χ2v) is 15.7. The normalized spacial score (nSPS) is 18.4. The highest BCUT2D eigenvalue weighted by molar-refractivity contribution is 7.22. The molecule has 0 amide bonds. The van der Waals surface area contributed by atoms with E-state index in [4.69, 9.17) is 26.4 Å². The third-order valence-corrected chi connectivity index (χ3v) is 11.0. The van der Waals surface area contributed by atoms with Crippen LogP contribution in [0.4, 0.5) is 8.78 Å². The van der Waals surface area contributed by atoms with Crippen molar-refractivity contribution in [3.8, 4) is 21.7 Å². The van der Waals surface area contributed by atoms with Crippen molar-refractivity contribution in [3.05, 3.63) is 70.4 Å². The van der Waals surface area contributed by atoms with Crippen molar-refractivity contribution in [3.63, 3.8) is 0 Å². The molecule has 0 spiro atoms. The highest BCUT2D eigenvalue weighted by Crippen LogP contribution is 2.46. The molecular weight excluding hydrogens is 654 g/mol. The van der Waals surface area contributed by atoms with Crippen LogP contribution in [0.5, 0.6) is 0 Å². The van der Waals surface area contributed by atoms with E-state index in [1.165, 1.54) is 11.3 Å². The number of rotatable bonds is 7. The second-order valence-electron chi connectivity index (χ2n) is 14.3. The van der Waals surface area contributed by atoms with Crippen LogP contribution in [0.2, 0.25) is 5.02 Å². The summed E-state index contributed by atoms with van der Waals surface area (Å²) in [7, 11) is 1.95. The summed E-state index contributed by atoms with van der Waals surface area (Å²) in [6.07, 6.45) is 0.515. The van der Waals surface area contributed by atoms with Crippen LogP contribution < -0.4 is 0 Å². The number of thiazole rings is 1. The summed E-state index contributed by atoms with van der Waals surface area (Å²) >= 11 is 7.79. The molecule has 1 atom stereocenters. The van der Waals surface area contributed by atoms with Gasteiger partial charge in [0.05, 0.1) is 27.0 Å². The van der Waals surface area contributed by atoms with E-state index in [9.17, 15) is 18.7 Å². The first kappa shape index (κ1) is 33.1. The van der Waals surface area contributed by atoms with Gasteiger partial charge in [0.2, 0.25) is 0 Å². The van der Waals surface area contributed by atoms with Crippen LogP contribution in [0.25, 0.3) is 42.8 Å². The van der Waals surface area contributed by atoms with Crippen LogP contribution in [-0.2, 0) is 16.6 Å². The summed E-state index contributed by atoms with van der Waals surface area (Å²) in [4.78, 5) is 20.0. The Labute approximate surface area is 287 Å². The standard InChI is InChI=1S/C37H39ClF2N4O3S/c1-20-16-27-33(30(21-6-9-24(38)10-7-21)29(20)32(35(45)46)47-36(2,3)4)48-34(41-27)23-8-11-28-26(17-23)31(42-43(28)5)22-12-14-44(15-13-22)25-18-37(39,40)19-25/h6-11,16-17,22,25,32H,12-15,18-19H2,1-5H3,(H,45,46). The van der Waals surface area contributed by atoms with Gasteiger partial charge < -0.3 is 9.84 Å². The van der Waals surface area contributed by atoms with Crippen LogP contribution >= 0.6 is 22.9 Å². The van der Waals surface area contributed by atoms with Crippen molar-refractivity contribution in [1.82, 2.24) is 19.7 Å². The van der Waals surface area contributed by atoms with Crippen molar-refractivity contribution in [2.45, 2.75) is 83.0 Å². The SMILES string of the molecule is Cc1cc2nc(-c3ccc4c(c3)c(C3CCN(C5CC(F)(F)C5)CC3)nn4C)sc2c(-c2ccc(Cl)cc2)c1C(OC(C)(C)C)C(=O)O. The Morgan fingerprint density at radius 3 is 2.38 bits per heavy atom. The lowest BCUT2D eigenvalue weighted by Gasteiger charge is -2.45. The summed E-state index contributed by atoms with van der Waals surface area (Å²) in [5.41, 5.74) is 6.10. The maximum Gasteiger partial charge on any atom is 0.337 e. The van der Waals surface area contributed by atoms with Gasteiger partial charge in [-0.2, -0.15) is 5.10 Å². The van der Waals surface area contributed by atoms with E-state index in [0.29, 0.717) is 10.6 Å². The minimum atomic E-state index is -2.51. The van der Waals surface area contributed by atoms with Gasteiger partial charge in [-0.15, -0.1) is 11.3 Å². The molecule has 1 aliphatic heterocycles. The third-order valence-electron chi connectivity index (χ3n) is 9.65. The average Bonchev–Trinajstić information content (AvgIpc) is 3.58.